The minimum Gasteiger partial charge on any atom is -0.349 e. The van der Waals surface area contributed by atoms with Crippen LogP contribution in [0.3, 0.4) is 0 Å². The van der Waals surface area contributed by atoms with Gasteiger partial charge in [0.25, 0.3) is 11.8 Å². The van der Waals surface area contributed by atoms with Gasteiger partial charge in [-0.3, -0.25) is 14.0 Å². The summed E-state index contributed by atoms with van der Waals surface area (Å²) in [5.74, 6) is -0.0806. The highest BCUT2D eigenvalue weighted by Crippen LogP contribution is 2.16. The largest absolute Gasteiger partial charge is 0.349 e. The van der Waals surface area contributed by atoms with Gasteiger partial charge < -0.3 is 20.0 Å². The molecular formula is C19H28N6O2. The number of rotatable bonds is 6. The first-order valence-electron chi connectivity index (χ1n) is 9.43. The standard InChI is InChI=1S/C19H28N6O2/c1-4-23-11-13-24(14-12-23)19(27)17-21-16(15-7-5-6-9-25(15)17)18(26)20-8-10-22(2)3/h5-7,9H,4,8,10-14H2,1-3H3,(H,20,26). The third-order valence-corrected chi connectivity index (χ3v) is 4.91. The summed E-state index contributed by atoms with van der Waals surface area (Å²) < 4.78 is 1.72. The molecule has 1 N–H and O–H groups in total. The van der Waals surface area contributed by atoms with Gasteiger partial charge in [-0.25, -0.2) is 4.98 Å². The lowest BCUT2D eigenvalue weighted by Crippen LogP contribution is -2.48. The highest BCUT2D eigenvalue weighted by Gasteiger charge is 2.27. The summed E-state index contributed by atoms with van der Waals surface area (Å²) in [5, 5.41) is 2.88. The van der Waals surface area contributed by atoms with Gasteiger partial charge in [0.05, 0.1) is 5.52 Å². The van der Waals surface area contributed by atoms with Gasteiger partial charge in [-0.15, -0.1) is 0 Å². The molecule has 27 heavy (non-hydrogen) atoms. The summed E-state index contributed by atoms with van der Waals surface area (Å²) in [7, 11) is 3.90. The summed E-state index contributed by atoms with van der Waals surface area (Å²) in [6, 6.07) is 5.51. The lowest BCUT2D eigenvalue weighted by atomic mass is 10.3. The van der Waals surface area contributed by atoms with Gasteiger partial charge in [0.15, 0.2) is 5.69 Å². The molecule has 0 bridgehead atoms. The van der Waals surface area contributed by atoms with E-state index in [1.165, 1.54) is 0 Å². The van der Waals surface area contributed by atoms with Gasteiger partial charge in [-0.2, -0.15) is 0 Å². The first-order chi connectivity index (χ1) is 13.0. The number of amides is 2. The van der Waals surface area contributed by atoms with Gasteiger partial charge in [0, 0.05) is 45.5 Å². The Balaban J connectivity index is 1.82. The molecule has 0 atom stereocenters. The van der Waals surface area contributed by atoms with Gasteiger partial charge in [0.2, 0.25) is 5.82 Å². The third kappa shape index (κ3) is 4.28. The van der Waals surface area contributed by atoms with E-state index in [0.717, 1.165) is 26.2 Å². The van der Waals surface area contributed by atoms with Crippen LogP contribution in [0.15, 0.2) is 24.4 Å². The summed E-state index contributed by atoms with van der Waals surface area (Å²) >= 11 is 0. The van der Waals surface area contributed by atoms with Crippen molar-refractivity contribution < 1.29 is 9.59 Å². The number of nitrogens with zero attached hydrogens (tertiary/aromatic N) is 5. The maximum absolute atomic E-state index is 13.0. The Hall–Kier alpha value is -2.45. The molecule has 2 amide bonds. The summed E-state index contributed by atoms with van der Waals surface area (Å²) in [5.41, 5.74) is 0.945. The zero-order chi connectivity index (χ0) is 19.4. The molecule has 0 aliphatic carbocycles. The number of carbonyl (C=O) groups is 2. The van der Waals surface area contributed by atoms with E-state index in [1.807, 2.05) is 42.1 Å². The fourth-order valence-corrected chi connectivity index (χ4v) is 3.24. The summed E-state index contributed by atoms with van der Waals surface area (Å²) in [6.07, 6.45) is 1.79. The number of likely N-dealkylation sites (N-methyl/N-ethyl adjacent to an activating group) is 2. The number of carbonyl (C=O) groups excluding carboxylic acids is 2. The minimum atomic E-state index is -0.254. The molecule has 1 aliphatic heterocycles. The third-order valence-electron chi connectivity index (χ3n) is 4.91. The quantitative estimate of drug-likeness (QED) is 0.795. The van der Waals surface area contributed by atoms with Crippen molar-refractivity contribution in [2.75, 3.05) is 59.9 Å². The van der Waals surface area contributed by atoms with E-state index in [2.05, 4.69) is 22.1 Å². The van der Waals surface area contributed by atoms with Crippen LogP contribution >= 0.6 is 0 Å². The SMILES string of the molecule is CCN1CCN(C(=O)c2nc(C(=O)NCCN(C)C)c3ccccn23)CC1. The van der Waals surface area contributed by atoms with Crippen LogP contribution in [0.25, 0.3) is 5.52 Å². The van der Waals surface area contributed by atoms with E-state index in [4.69, 9.17) is 0 Å². The van der Waals surface area contributed by atoms with E-state index < -0.39 is 0 Å². The minimum absolute atomic E-state index is 0.126. The maximum atomic E-state index is 13.0. The molecule has 8 heteroatoms. The van der Waals surface area contributed by atoms with Gasteiger partial charge >= 0.3 is 0 Å². The number of fused-ring (bicyclic) bond motifs is 1. The summed E-state index contributed by atoms with van der Waals surface area (Å²) in [4.78, 5) is 36.2. The van der Waals surface area contributed by atoms with Gasteiger partial charge in [0.1, 0.15) is 0 Å². The van der Waals surface area contributed by atoms with Crippen LogP contribution in [0, 0.1) is 0 Å². The predicted molar refractivity (Wildman–Crippen MR) is 104 cm³/mol. The Morgan fingerprint density at radius 1 is 1.19 bits per heavy atom. The molecule has 0 aromatic carbocycles. The van der Waals surface area contributed by atoms with Crippen LogP contribution in [-0.2, 0) is 0 Å². The number of hydrogen-bond acceptors (Lipinski definition) is 5. The number of piperazine rings is 1. The first-order valence-corrected chi connectivity index (χ1v) is 9.43. The molecule has 0 unspecified atom stereocenters. The highest BCUT2D eigenvalue weighted by atomic mass is 16.2. The zero-order valence-corrected chi connectivity index (χ0v) is 16.3. The predicted octanol–water partition coefficient (Wildman–Crippen LogP) is 0.403. The van der Waals surface area contributed by atoms with Crippen molar-refractivity contribution in [3.63, 3.8) is 0 Å². The second-order valence-corrected chi connectivity index (χ2v) is 7.03. The van der Waals surface area contributed by atoms with E-state index in [1.54, 1.807) is 10.6 Å². The van der Waals surface area contributed by atoms with Crippen molar-refractivity contribution >= 4 is 17.3 Å². The number of nitrogens with one attached hydrogen (secondary N) is 1. The summed E-state index contributed by atoms with van der Waals surface area (Å²) in [6.45, 7) is 7.47. The lowest BCUT2D eigenvalue weighted by Gasteiger charge is -2.33. The van der Waals surface area contributed by atoms with Crippen LogP contribution in [0.2, 0.25) is 0 Å². The average molecular weight is 372 g/mol. The number of hydrogen-bond donors (Lipinski definition) is 1. The molecule has 1 fully saturated rings. The molecule has 1 aliphatic rings. The fourth-order valence-electron chi connectivity index (χ4n) is 3.24. The van der Waals surface area contributed by atoms with Gasteiger partial charge in [-0.05, 0) is 32.8 Å². The number of imidazole rings is 1. The maximum Gasteiger partial charge on any atom is 0.290 e. The van der Waals surface area contributed by atoms with Crippen LogP contribution in [0.5, 0.6) is 0 Å². The normalized spacial score (nSPS) is 15.5. The van der Waals surface area contributed by atoms with E-state index in [9.17, 15) is 9.59 Å². The molecule has 3 heterocycles. The van der Waals surface area contributed by atoms with Crippen molar-refractivity contribution in [1.29, 1.82) is 0 Å². The first kappa shape index (κ1) is 19.3. The second-order valence-electron chi connectivity index (χ2n) is 7.03. The molecule has 0 spiro atoms. The Labute approximate surface area is 159 Å². The molecule has 3 rings (SSSR count). The number of pyridine rings is 1. The van der Waals surface area contributed by atoms with Crippen molar-refractivity contribution in [3.05, 3.63) is 35.9 Å². The molecule has 2 aromatic heterocycles. The van der Waals surface area contributed by atoms with E-state index >= 15 is 0 Å². The molecular weight excluding hydrogens is 344 g/mol. The molecule has 2 aromatic rings. The van der Waals surface area contributed by atoms with E-state index in [-0.39, 0.29) is 11.8 Å². The zero-order valence-electron chi connectivity index (χ0n) is 16.3. The van der Waals surface area contributed by atoms with Crippen LogP contribution in [0.4, 0.5) is 0 Å². The van der Waals surface area contributed by atoms with Crippen molar-refractivity contribution in [1.82, 2.24) is 29.4 Å². The van der Waals surface area contributed by atoms with Crippen molar-refractivity contribution in [2.45, 2.75) is 6.92 Å². The molecule has 0 saturated carbocycles. The fraction of sp³-hybridized carbons (Fsp3) is 0.526. The molecule has 8 nitrogen and oxygen atoms in total. The van der Waals surface area contributed by atoms with Crippen LogP contribution in [0.1, 0.15) is 28.0 Å². The molecule has 146 valence electrons. The second kappa shape index (κ2) is 8.49. The van der Waals surface area contributed by atoms with Crippen LogP contribution < -0.4 is 5.32 Å². The molecule has 0 radical (unpaired) electrons. The molecule has 1 saturated heterocycles. The highest BCUT2D eigenvalue weighted by molar-refractivity contribution is 6.02. The monoisotopic (exact) mass is 372 g/mol. The van der Waals surface area contributed by atoms with Crippen LogP contribution in [-0.4, -0.2) is 95.8 Å². The number of aromatic nitrogens is 2. The lowest BCUT2D eigenvalue weighted by molar-refractivity contribution is 0.0630. The van der Waals surface area contributed by atoms with Crippen molar-refractivity contribution in [3.8, 4) is 0 Å². The Kier molecular flexibility index (Phi) is 6.08. The Bertz CT molecular complexity index is 808. The Morgan fingerprint density at radius 3 is 2.59 bits per heavy atom. The van der Waals surface area contributed by atoms with Gasteiger partial charge in [-0.1, -0.05) is 13.0 Å². The topological polar surface area (TPSA) is 73.2 Å². The smallest absolute Gasteiger partial charge is 0.290 e. The van der Waals surface area contributed by atoms with E-state index in [0.29, 0.717) is 36.7 Å². The average Bonchev–Trinajstić information content (AvgIpc) is 3.07. The van der Waals surface area contributed by atoms with Crippen molar-refractivity contribution in [2.24, 2.45) is 0 Å². The Morgan fingerprint density at radius 2 is 1.93 bits per heavy atom.